The van der Waals surface area contributed by atoms with Crippen LogP contribution in [0.25, 0.3) is 27.8 Å². The Balaban J connectivity index is 1.71. The quantitative estimate of drug-likeness (QED) is 0.440. The number of carbonyl (C=O) groups is 1. The molecule has 33 heavy (non-hydrogen) atoms. The molecular weight excluding hydrogens is 414 g/mol. The number of nitrogens with one attached hydrogen (secondary N) is 1. The van der Waals surface area contributed by atoms with Crippen molar-refractivity contribution in [1.82, 2.24) is 29.6 Å². The van der Waals surface area contributed by atoms with Gasteiger partial charge in [0.05, 0.1) is 11.1 Å². The minimum Gasteiger partial charge on any atom is -0.383 e. The van der Waals surface area contributed by atoms with Gasteiger partial charge in [-0.1, -0.05) is 48.5 Å². The molecule has 0 aliphatic carbocycles. The van der Waals surface area contributed by atoms with Gasteiger partial charge in [-0.2, -0.15) is 5.10 Å². The van der Waals surface area contributed by atoms with Gasteiger partial charge in [-0.3, -0.25) is 9.36 Å². The Hall–Kier alpha value is -4.20. The van der Waals surface area contributed by atoms with Crippen LogP contribution in [0.4, 0.5) is 5.82 Å². The van der Waals surface area contributed by atoms with Crippen molar-refractivity contribution in [3.05, 3.63) is 78.2 Å². The molecule has 8 heteroatoms. The van der Waals surface area contributed by atoms with E-state index in [1.165, 1.54) is 6.33 Å². The highest BCUT2D eigenvalue weighted by molar-refractivity contribution is 6.02. The van der Waals surface area contributed by atoms with Crippen molar-refractivity contribution >= 4 is 33.7 Å². The summed E-state index contributed by atoms with van der Waals surface area (Å²) in [7, 11) is 0. The molecule has 8 nitrogen and oxygen atoms in total. The number of hydrogen-bond acceptors (Lipinski definition) is 5. The second-order valence-corrected chi connectivity index (χ2v) is 8.96. The van der Waals surface area contributed by atoms with Crippen molar-refractivity contribution < 1.29 is 4.79 Å². The van der Waals surface area contributed by atoms with Crippen LogP contribution in [0.1, 0.15) is 36.8 Å². The molecule has 0 aliphatic heterocycles. The lowest BCUT2D eigenvalue weighted by Crippen LogP contribution is -2.26. The maximum absolute atomic E-state index is 13.4. The van der Waals surface area contributed by atoms with E-state index in [1.54, 1.807) is 0 Å². The first-order chi connectivity index (χ1) is 15.8. The van der Waals surface area contributed by atoms with E-state index in [0.717, 1.165) is 16.5 Å². The van der Waals surface area contributed by atoms with Crippen LogP contribution < -0.4 is 11.1 Å². The molecule has 2 aromatic carbocycles. The molecule has 166 valence electrons. The summed E-state index contributed by atoms with van der Waals surface area (Å²) in [6, 6.07) is 19.5. The Morgan fingerprint density at radius 2 is 1.76 bits per heavy atom. The van der Waals surface area contributed by atoms with Crippen LogP contribution >= 0.6 is 0 Å². The van der Waals surface area contributed by atoms with Gasteiger partial charge in [0.1, 0.15) is 23.2 Å². The number of carbonyl (C=O) groups excluding carboxylic acids is 1. The number of para-hydroxylation sites is 1. The molecule has 3 heterocycles. The van der Waals surface area contributed by atoms with Crippen LogP contribution in [-0.4, -0.2) is 30.2 Å². The molecule has 0 aliphatic rings. The number of fused-ring (bicyclic) bond motifs is 2. The van der Waals surface area contributed by atoms with E-state index < -0.39 is 0 Å². The highest BCUT2D eigenvalue weighted by Gasteiger charge is 2.27. The summed E-state index contributed by atoms with van der Waals surface area (Å²) in [6.45, 7) is 6.55. The molecular formula is C25H25N7O. The van der Waals surface area contributed by atoms with Crippen molar-refractivity contribution in [1.29, 1.82) is 0 Å². The molecule has 0 saturated heterocycles. The minimum absolute atomic E-state index is 0.205. The molecule has 3 N–H and O–H groups in total. The summed E-state index contributed by atoms with van der Waals surface area (Å²) >= 11 is 0. The highest BCUT2D eigenvalue weighted by Crippen LogP contribution is 2.32. The molecule has 0 bridgehead atoms. The summed E-state index contributed by atoms with van der Waals surface area (Å²) < 4.78 is 3.68. The number of hydrogen-bond donors (Lipinski definition) is 2. The molecule has 1 amide bonds. The number of nitrogen functional groups attached to an aromatic ring is 1. The van der Waals surface area contributed by atoms with E-state index in [0.29, 0.717) is 34.9 Å². The Labute approximate surface area is 191 Å². The summed E-state index contributed by atoms with van der Waals surface area (Å²) in [5.41, 5.74) is 8.92. The number of benzene rings is 2. The molecule has 0 fully saturated rings. The van der Waals surface area contributed by atoms with Crippen LogP contribution in [-0.2, 0) is 12.1 Å². The Bertz CT molecular complexity index is 1480. The summed E-state index contributed by atoms with van der Waals surface area (Å²) in [4.78, 5) is 22.0. The van der Waals surface area contributed by atoms with Gasteiger partial charge in [-0.15, -0.1) is 0 Å². The van der Waals surface area contributed by atoms with Crippen LogP contribution in [0.5, 0.6) is 0 Å². The number of amides is 1. The third-order valence-electron chi connectivity index (χ3n) is 5.56. The van der Waals surface area contributed by atoms with E-state index in [9.17, 15) is 4.79 Å². The molecule has 0 spiro atoms. The smallest absolute Gasteiger partial charge is 0.268 e. The van der Waals surface area contributed by atoms with Crippen LogP contribution in [0, 0.1) is 0 Å². The average molecular weight is 440 g/mol. The summed E-state index contributed by atoms with van der Waals surface area (Å²) in [5, 5.41) is 9.47. The van der Waals surface area contributed by atoms with Gasteiger partial charge in [-0.25, -0.2) is 14.6 Å². The topological polar surface area (TPSA) is 104 Å². The predicted molar refractivity (Wildman–Crippen MR) is 129 cm³/mol. The maximum atomic E-state index is 13.4. The van der Waals surface area contributed by atoms with Crippen LogP contribution in [0.15, 0.2) is 67.0 Å². The second-order valence-electron chi connectivity index (χ2n) is 8.96. The average Bonchev–Trinajstić information content (AvgIpc) is 3.37. The van der Waals surface area contributed by atoms with Crippen molar-refractivity contribution in [3.8, 4) is 5.82 Å². The maximum Gasteiger partial charge on any atom is 0.268 e. The van der Waals surface area contributed by atoms with Crippen molar-refractivity contribution in [2.45, 2.75) is 32.9 Å². The first kappa shape index (κ1) is 20.7. The Morgan fingerprint density at radius 3 is 2.52 bits per heavy atom. The SMILES string of the molecule is CC(C)(C)n1nc(-n2c(C(=O)NCc3ccccc3)cc3ccccc32)c2c(N)ncnc21. The molecule has 0 atom stereocenters. The Kier molecular flexibility index (Phi) is 4.85. The summed E-state index contributed by atoms with van der Waals surface area (Å²) in [5.74, 6) is 0.645. The van der Waals surface area contributed by atoms with Crippen molar-refractivity contribution in [2.24, 2.45) is 0 Å². The lowest BCUT2D eigenvalue weighted by molar-refractivity contribution is 0.0944. The van der Waals surface area contributed by atoms with Gasteiger partial charge in [-0.05, 0) is 38.5 Å². The third-order valence-corrected chi connectivity index (χ3v) is 5.56. The number of nitrogens with zero attached hydrogens (tertiary/aromatic N) is 5. The van der Waals surface area contributed by atoms with Crippen LogP contribution in [0.2, 0.25) is 0 Å². The predicted octanol–water partition coefficient (Wildman–Crippen LogP) is 4.04. The van der Waals surface area contributed by atoms with E-state index in [2.05, 4.69) is 15.3 Å². The fraction of sp³-hybridized carbons (Fsp3) is 0.200. The number of anilines is 1. The van der Waals surface area contributed by atoms with Gasteiger partial charge in [0.25, 0.3) is 5.91 Å². The van der Waals surface area contributed by atoms with E-state index >= 15 is 0 Å². The first-order valence-electron chi connectivity index (χ1n) is 10.8. The van der Waals surface area contributed by atoms with Gasteiger partial charge in [0, 0.05) is 11.9 Å². The van der Waals surface area contributed by atoms with Gasteiger partial charge < -0.3 is 11.1 Å². The number of nitrogens with two attached hydrogens (primary N) is 1. The minimum atomic E-state index is -0.351. The number of rotatable bonds is 4. The highest BCUT2D eigenvalue weighted by atomic mass is 16.1. The van der Waals surface area contributed by atoms with Crippen molar-refractivity contribution in [2.75, 3.05) is 5.73 Å². The molecule has 0 radical (unpaired) electrons. The fourth-order valence-corrected chi connectivity index (χ4v) is 4.00. The largest absolute Gasteiger partial charge is 0.383 e. The van der Waals surface area contributed by atoms with Gasteiger partial charge >= 0.3 is 0 Å². The monoisotopic (exact) mass is 439 g/mol. The number of aromatic nitrogens is 5. The zero-order chi connectivity index (χ0) is 23.2. The first-order valence-corrected chi connectivity index (χ1v) is 10.8. The zero-order valence-corrected chi connectivity index (χ0v) is 18.8. The van der Waals surface area contributed by atoms with E-state index in [1.807, 2.05) is 90.7 Å². The lowest BCUT2D eigenvalue weighted by atomic mass is 10.1. The summed E-state index contributed by atoms with van der Waals surface area (Å²) in [6.07, 6.45) is 1.44. The Morgan fingerprint density at radius 1 is 1.03 bits per heavy atom. The fourth-order valence-electron chi connectivity index (χ4n) is 4.00. The normalized spacial score (nSPS) is 11.8. The second kappa shape index (κ2) is 7.74. The zero-order valence-electron chi connectivity index (χ0n) is 18.8. The standard InChI is InChI=1S/C25H25N7O/c1-25(2,3)32-22-20(21(26)28-15-29-22)23(30-32)31-18-12-8-7-11-17(18)13-19(31)24(33)27-14-16-9-5-4-6-10-16/h4-13,15H,14H2,1-3H3,(H,27,33)(H2,26,28,29). The lowest BCUT2D eigenvalue weighted by Gasteiger charge is -2.19. The molecule has 0 unspecified atom stereocenters. The molecule has 5 aromatic rings. The van der Waals surface area contributed by atoms with Gasteiger partial charge in [0.15, 0.2) is 11.5 Å². The molecule has 3 aromatic heterocycles. The molecule has 5 rings (SSSR count). The van der Waals surface area contributed by atoms with E-state index in [4.69, 9.17) is 10.8 Å². The van der Waals surface area contributed by atoms with Crippen LogP contribution in [0.3, 0.4) is 0 Å². The van der Waals surface area contributed by atoms with Gasteiger partial charge in [0.2, 0.25) is 0 Å². The molecule has 0 saturated carbocycles. The van der Waals surface area contributed by atoms with Crippen molar-refractivity contribution in [3.63, 3.8) is 0 Å². The van der Waals surface area contributed by atoms with E-state index in [-0.39, 0.29) is 11.4 Å². The third kappa shape index (κ3) is 3.59.